The summed E-state index contributed by atoms with van der Waals surface area (Å²) in [7, 11) is 0. The Hall–Kier alpha value is -1.56. The van der Waals surface area contributed by atoms with Crippen LogP contribution in [0.1, 0.15) is 17.9 Å². The van der Waals surface area contributed by atoms with Gasteiger partial charge in [-0.1, -0.05) is 6.07 Å². The van der Waals surface area contributed by atoms with Gasteiger partial charge in [-0.25, -0.2) is 4.98 Å². The zero-order chi connectivity index (χ0) is 13.1. The summed E-state index contributed by atoms with van der Waals surface area (Å²) < 4.78 is 26.1. The van der Waals surface area contributed by atoms with Gasteiger partial charge in [-0.3, -0.25) is 4.57 Å². The third-order valence-electron chi connectivity index (χ3n) is 2.48. The van der Waals surface area contributed by atoms with Crippen molar-refractivity contribution in [3.05, 3.63) is 42.0 Å². The number of benzene rings is 1. The molecule has 0 aliphatic carbocycles. The van der Waals surface area contributed by atoms with Crippen LogP contribution < -0.4 is 5.73 Å². The van der Waals surface area contributed by atoms with Crippen LogP contribution in [0, 0.1) is 6.92 Å². The zero-order valence-electron chi connectivity index (χ0n) is 9.81. The highest BCUT2D eigenvalue weighted by Gasteiger charge is 2.11. The largest absolute Gasteiger partial charge is 0.398 e. The number of nitrogens with zero attached hydrogens (tertiary/aromatic N) is 2. The number of hydrogen-bond acceptors (Lipinski definition) is 3. The summed E-state index contributed by atoms with van der Waals surface area (Å²) in [5, 5.41) is 0. The number of halogens is 2. The molecule has 0 amide bonds. The predicted molar refractivity (Wildman–Crippen MR) is 68.6 cm³/mol. The maximum absolute atomic E-state index is 12.6. The molecule has 1 aromatic carbocycles. The maximum atomic E-state index is 12.6. The van der Waals surface area contributed by atoms with Crippen LogP contribution in [-0.4, -0.2) is 9.55 Å². The number of aryl methyl sites for hydroxylation is 1. The Morgan fingerprint density at radius 2 is 2.22 bits per heavy atom. The summed E-state index contributed by atoms with van der Waals surface area (Å²) in [6.45, 7) is -0.604. The van der Waals surface area contributed by atoms with Crippen LogP contribution in [0.4, 0.5) is 14.5 Å². The zero-order valence-corrected chi connectivity index (χ0v) is 10.6. The molecule has 3 nitrogen and oxygen atoms in total. The van der Waals surface area contributed by atoms with Crippen LogP contribution in [0.5, 0.6) is 0 Å². The first-order valence-corrected chi connectivity index (χ1v) is 6.35. The van der Waals surface area contributed by atoms with Crippen molar-refractivity contribution in [2.45, 2.75) is 24.1 Å². The van der Waals surface area contributed by atoms with Gasteiger partial charge in [0.05, 0.1) is 5.75 Å². The van der Waals surface area contributed by atoms with Gasteiger partial charge in [0.1, 0.15) is 5.82 Å². The number of rotatable bonds is 4. The quantitative estimate of drug-likeness (QED) is 0.683. The molecule has 0 atom stereocenters. The van der Waals surface area contributed by atoms with E-state index in [1.54, 1.807) is 0 Å². The molecule has 2 aromatic rings. The van der Waals surface area contributed by atoms with E-state index in [1.807, 2.05) is 25.1 Å². The number of anilines is 1. The molecule has 0 saturated heterocycles. The first-order valence-electron chi connectivity index (χ1n) is 5.36. The fraction of sp³-hybridized carbons (Fsp3) is 0.250. The Morgan fingerprint density at radius 1 is 1.44 bits per heavy atom. The van der Waals surface area contributed by atoms with Gasteiger partial charge in [0, 0.05) is 23.0 Å². The first kappa shape index (κ1) is 12.9. The number of aromatic nitrogens is 2. The van der Waals surface area contributed by atoms with Crippen LogP contribution in [-0.2, 0) is 5.75 Å². The third kappa shape index (κ3) is 2.81. The van der Waals surface area contributed by atoms with Gasteiger partial charge in [0.15, 0.2) is 0 Å². The van der Waals surface area contributed by atoms with Crippen molar-refractivity contribution in [1.82, 2.24) is 9.55 Å². The van der Waals surface area contributed by atoms with E-state index in [0.717, 1.165) is 15.0 Å². The highest BCUT2D eigenvalue weighted by atomic mass is 32.2. The minimum absolute atomic E-state index is 0.343. The van der Waals surface area contributed by atoms with Gasteiger partial charge in [0.2, 0.25) is 0 Å². The van der Waals surface area contributed by atoms with Gasteiger partial charge < -0.3 is 5.73 Å². The second kappa shape index (κ2) is 5.39. The Kier molecular flexibility index (Phi) is 3.86. The fourth-order valence-corrected chi connectivity index (χ4v) is 2.47. The van der Waals surface area contributed by atoms with Gasteiger partial charge >= 0.3 is 6.55 Å². The molecule has 0 aliphatic rings. The van der Waals surface area contributed by atoms with Crippen molar-refractivity contribution >= 4 is 17.4 Å². The number of imidazole rings is 1. The van der Waals surface area contributed by atoms with Crippen LogP contribution >= 0.6 is 11.8 Å². The fourth-order valence-electron chi connectivity index (χ4n) is 1.58. The van der Waals surface area contributed by atoms with E-state index in [4.69, 9.17) is 5.73 Å². The van der Waals surface area contributed by atoms with Crippen molar-refractivity contribution < 1.29 is 8.78 Å². The summed E-state index contributed by atoms with van der Waals surface area (Å²) in [5.74, 6) is 0.708. The summed E-state index contributed by atoms with van der Waals surface area (Å²) in [6.07, 6.45) is 2.65. The van der Waals surface area contributed by atoms with Crippen molar-refractivity contribution in [3.8, 4) is 0 Å². The van der Waals surface area contributed by atoms with E-state index in [-0.39, 0.29) is 0 Å². The van der Waals surface area contributed by atoms with E-state index in [1.165, 1.54) is 24.2 Å². The third-order valence-corrected chi connectivity index (χ3v) is 3.57. The Bertz CT molecular complexity index is 540. The molecule has 6 heteroatoms. The molecule has 0 spiro atoms. The van der Waals surface area contributed by atoms with E-state index < -0.39 is 6.55 Å². The lowest BCUT2D eigenvalue weighted by molar-refractivity contribution is 0.0678. The molecule has 0 saturated carbocycles. The summed E-state index contributed by atoms with van der Waals surface area (Å²) in [4.78, 5) is 4.80. The average Bonchev–Trinajstić information content (AvgIpc) is 2.76. The van der Waals surface area contributed by atoms with Gasteiger partial charge in [-0.05, 0) is 24.6 Å². The first-order chi connectivity index (χ1) is 8.58. The van der Waals surface area contributed by atoms with Gasteiger partial charge in [-0.15, -0.1) is 11.8 Å². The molecule has 1 heterocycles. The smallest absolute Gasteiger partial charge is 0.319 e. The molecule has 2 rings (SSSR count). The molecule has 0 aliphatic heterocycles. The highest BCUT2D eigenvalue weighted by molar-refractivity contribution is 7.98. The Labute approximate surface area is 108 Å². The van der Waals surface area contributed by atoms with E-state index in [9.17, 15) is 8.78 Å². The lowest BCUT2D eigenvalue weighted by atomic mass is 10.2. The van der Waals surface area contributed by atoms with Crippen LogP contribution in [0.25, 0.3) is 0 Å². The normalized spacial score (nSPS) is 11.1. The average molecular weight is 269 g/mol. The molecule has 0 bridgehead atoms. The van der Waals surface area contributed by atoms with Gasteiger partial charge in [0.25, 0.3) is 0 Å². The van der Waals surface area contributed by atoms with Crippen molar-refractivity contribution in [3.63, 3.8) is 0 Å². The Balaban J connectivity index is 2.09. The van der Waals surface area contributed by atoms with E-state index in [2.05, 4.69) is 4.98 Å². The van der Waals surface area contributed by atoms with Crippen LogP contribution in [0.15, 0.2) is 35.5 Å². The number of nitrogen functional groups attached to an aromatic ring is 1. The van der Waals surface area contributed by atoms with Crippen LogP contribution in [0.3, 0.4) is 0 Å². The summed E-state index contributed by atoms with van der Waals surface area (Å²) >= 11 is 1.40. The SMILES string of the molecule is Cc1ccc(SCc2nccn2C(F)F)c(N)c1. The van der Waals surface area contributed by atoms with Crippen molar-refractivity contribution in [2.75, 3.05) is 5.73 Å². The number of hydrogen-bond donors (Lipinski definition) is 1. The monoisotopic (exact) mass is 269 g/mol. The number of alkyl halides is 2. The lowest BCUT2D eigenvalue weighted by Crippen LogP contribution is -2.02. The minimum Gasteiger partial charge on any atom is -0.398 e. The van der Waals surface area contributed by atoms with E-state index >= 15 is 0 Å². The van der Waals surface area contributed by atoms with Crippen molar-refractivity contribution in [1.29, 1.82) is 0 Å². The summed E-state index contributed by atoms with van der Waals surface area (Å²) in [6, 6.07) is 5.70. The van der Waals surface area contributed by atoms with Gasteiger partial charge in [-0.2, -0.15) is 8.78 Å². The molecule has 0 fully saturated rings. The molecule has 0 unspecified atom stereocenters. The molecular weight excluding hydrogens is 256 g/mol. The standard InChI is InChI=1S/C12H13F2N3S/c1-8-2-3-10(9(15)6-8)18-7-11-16-4-5-17(11)12(13)14/h2-6,12H,7,15H2,1H3. The second-order valence-electron chi connectivity index (χ2n) is 3.86. The van der Waals surface area contributed by atoms with Crippen LogP contribution in [0.2, 0.25) is 0 Å². The maximum Gasteiger partial charge on any atom is 0.319 e. The predicted octanol–water partition coefficient (Wildman–Crippen LogP) is 3.46. The highest BCUT2D eigenvalue weighted by Crippen LogP contribution is 2.29. The Morgan fingerprint density at radius 3 is 2.89 bits per heavy atom. The second-order valence-corrected chi connectivity index (χ2v) is 4.88. The van der Waals surface area contributed by atoms with Crippen molar-refractivity contribution in [2.24, 2.45) is 0 Å². The molecule has 18 heavy (non-hydrogen) atoms. The molecule has 0 radical (unpaired) electrons. The molecule has 96 valence electrons. The topological polar surface area (TPSA) is 43.8 Å². The minimum atomic E-state index is -2.56. The van der Waals surface area contributed by atoms with E-state index in [0.29, 0.717) is 17.3 Å². The summed E-state index contributed by atoms with van der Waals surface area (Å²) in [5.41, 5.74) is 7.60. The molecule has 2 N–H and O–H groups in total. The number of thioether (sulfide) groups is 1. The molecule has 1 aromatic heterocycles. The molecular formula is C12H13F2N3S. The number of nitrogens with two attached hydrogens (primary N) is 1. The lowest BCUT2D eigenvalue weighted by Gasteiger charge is -2.08.